The number of carbonyl (C=O) groups excluding carboxylic acids is 1. The third-order valence-electron chi connectivity index (χ3n) is 5.83. The molecular weight excluding hydrogens is 496 g/mol. The van der Waals surface area contributed by atoms with Crippen molar-refractivity contribution in [1.29, 1.82) is 0 Å². The molecule has 0 unspecified atom stereocenters. The lowest BCUT2D eigenvalue weighted by atomic mass is 10.2. The van der Waals surface area contributed by atoms with E-state index >= 15 is 0 Å². The van der Waals surface area contributed by atoms with E-state index in [0.717, 1.165) is 0 Å². The third-order valence-corrected chi connectivity index (χ3v) is 10.4. The quantitative estimate of drug-likeness (QED) is 0.115. The van der Waals surface area contributed by atoms with Crippen molar-refractivity contribution in [2.24, 2.45) is 0 Å². The van der Waals surface area contributed by atoms with Gasteiger partial charge in [0.15, 0.2) is 8.32 Å². The fraction of sp³-hybridized carbons (Fsp3) is 0.741. The lowest BCUT2D eigenvalue weighted by molar-refractivity contribution is -0.0203. The number of carbonyl (C=O) groups is 1. The molecule has 37 heavy (non-hydrogen) atoms. The molecule has 10 heteroatoms. The molecule has 214 valence electrons. The van der Waals surface area contributed by atoms with Gasteiger partial charge in [-0.3, -0.25) is 0 Å². The van der Waals surface area contributed by atoms with E-state index < -0.39 is 8.32 Å². The molecule has 0 aliphatic carbocycles. The molecule has 0 aliphatic rings. The summed E-state index contributed by atoms with van der Waals surface area (Å²) in [4.78, 5) is 11.8. The summed E-state index contributed by atoms with van der Waals surface area (Å²) in [7, 11) is -1.69. The van der Waals surface area contributed by atoms with Crippen LogP contribution in [-0.2, 0) is 37.6 Å². The predicted octanol–water partition coefficient (Wildman–Crippen LogP) is 3.96. The maximum Gasteiger partial charge on any atom is 0.338 e. The Morgan fingerprint density at radius 1 is 0.595 bits per heavy atom. The topological polar surface area (TPSA) is 90.9 Å². The fourth-order valence-electron chi connectivity index (χ4n) is 2.62. The number of hydrogen-bond acceptors (Lipinski definition) is 9. The van der Waals surface area contributed by atoms with Crippen molar-refractivity contribution < 1.29 is 42.4 Å². The van der Waals surface area contributed by atoms with E-state index in [4.69, 9.17) is 37.6 Å². The lowest BCUT2D eigenvalue weighted by Gasteiger charge is -2.36. The molecule has 0 atom stereocenters. The summed E-state index contributed by atoms with van der Waals surface area (Å²) < 4.78 is 44.0. The molecule has 0 N–H and O–H groups in total. The van der Waals surface area contributed by atoms with Gasteiger partial charge < -0.3 is 37.6 Å². The van der Waals surface area contributed by atoms with E-state index in [-0.39, 0.29) is 17.6 Å². The van der Waals surface area contributed by atoms with Crippen molar-refractivity contribution in [2.75, 3.05) is 92.5 Å². The Balaban J connectivity index is 1.74. The molecule has 0 radical (unpaired) electrons. The van der Waals surface area contributed by atoms with Gasteiger partial charge in [-0.25, -0.2) is 4.79 Å². The van der Waals surface area contributed by atoms with Gasteiger partial charge in [0.1, 0.15) is 6.61 Å². The van der Waals surface area contributed by atoms with Crippen LogP contribution in [-0.4, -0.2) is 107 Å². The molecule has 0 fully saturated rings. The van der Waals surface area contributed by atoms with E-state index in [9.17, 15) is 4.79 Å². The van der Waals surface area contributed by atoms with Gasteiger partial charge in [0.25, 0.3) is 0 Å². The highest BCUT2D eigenvalue weighted by molar-refractivity contribution is 6.74. The number of hydrogen-bond donors (Lipinski definition) is 0. The normalized spacial score (nSPS) is 12.1. The highest BCUT2D eigenvalue weighted by Gasteiger charge is 2.36. The van der Waals surface area contributed by atoms with Crippen LogP contribution in [0.4, 0.5) is 0 Å². The SMILES string of the molecule is CC(C)(C)[Si](C)(C)OCCOCCOCCOCCOCCOCCOCCOC(=O)c1ccccc1. The first-order chi connectivity index (χ1) is 17.7. The van der Waals surface area contributed by atoms with Crippen molar-refractivity contribution in [2.45, 2.75) is 38.9 Å². The Labute approximate surface area is 224 Å². The van der Waals surface area contributed by atoms with Crippen LogP contribution < -0.4 is 0 Å². The Morgan fingerprint density at radius 2 is 0.946 bits per heavy atom. The van der Waals surface area contributed by atoms with Gasteiger partial charge in [-0.15, -0.1) is 0 Å². The van der Waals surface area contributed by atoms with Gasteiger partial charge in [-0.2, -0.15) is 0 Å². The van der Waals surface area contributed by atoms with Crippen LogP contribution in [0.2, 0.25) is 18.1 Å². The fourth-order valence-corrected chi connectivity index (χ4v) is 3.65. The van der Waals surface area contributed by atoms with Crippen molar-refractivity contribution in [3.63, 3.8) is 0 Å². The van der Waals surface area contributed by atoms with Crippen molar-refractivity contribution in [3.8, 4) is 0 Å². The van der Waals surface area contributed by atoms with Gasteiger partial charge in [0.2, 0.25) is 0 Å². The lowest BCUT2D eigenvalue weighted by Crippen LogP contribution is -2.41. The van der Waals surface area contributed by atoms with E-state index in [2.05, 4.69) is 33.9 Å². The first kappa shape index (κ1) is 33.7. The predicted molar refractivity (Wildman–Crippen MR) is 145 cm³/mol. The monoisotopic (exact) mass is 544 g/mol. The third kappa shape index (κ3) is 17.7. The number of ether oxygens (including phenoxy) is 7. The van der Waals surface area contributed by atoms with Gasteiger partial charge in [-0.05, 0) is 30.3 Å². The standard InChI is InChI=1S/C27H48O9Si/c1-27(2,3)37(4,5)36-24-22-34-20-18-32-16-14-30-12-11-29-13-15-31-17-19-33-21-23-35-26(28)25-9-7-6-8-10-25/h6-10H,11-24H2,1-5H3. The van der Waals surface area contributed by atoms with Crippen molar-refractivity contribution in [1.82, 2.24) is 0 Å². The van der Waals surface area contributed by atoms with Crippen LogP contribution in [0.3, 0.4) is 0 Å². The molecule has 0 bridgehead atoms. The Hall–Kier alpha value is -1.37. The number of rotatable bonds is 23. The first-order valence-electron chi connectivity index (χ1n) is 13.1. The van der Waals surface area contributed by atoms with Gasteiger partial charge >= 0.3 is 5.97 Å². The zero-order valence-electron chi connectivity index (χ0n) is 23.5. The average Bonchev–Trinajstić information content (AvgIpc) is 2.86. The molecular formula is C27H48O9Si. The van der Waals surface area contributed by atoms with E-state index in [1.807, 2.05) is 6.07 Å². The molecule has 0 saturated carbocycles. The minimum Gasteiger partial charge on any atom is -0.460 e. The van der Waals surface area contributed by atoms with Crippen molar-refractivity contribution in [3.05, 3.63) is 35.9 Å². The summed E-state index contributed by atoms with van der Waals surface area (Å²) >= 11 is 0. The maximum absolute atomic E-state index is 11.8. The van der Waals surface area contributed by atoms with Crippen LogP contribution in [0.15, 0.2) is 30.3 Å². The minimum absolute atomic E-state index is 0.211. The summed E-state index contributed by atoms with van der Waals surface area (Å²) in [6, 6.07) is 8.87. The summed E-state index contributed by atoms with van der Waals surface area (Å²) in [6.07, 6.45) is 0. The van der Waals surface area contributed by atoms with Crippen LogP contribution in [0.1, 0.15) is 31.1 Å². The second kappa shape index (κ2) is 20.6. The zero-order valence-corrected chi connectivity index (χ0v) is 24.5. The molecule has 9 nitrogen and oxygen atoms in total. The van der Waals surface area contributed by atoms with Crippen LogP contribution >= 0.6 is 0 Å². The molecule has 0 spiro atoms. The summed E-state index contributed by atoms with van der Waals surface area (Å²) in [5, 5.41) is 0.217. The van der Waals surface area contributed by atoms with Crippen LogP contribution in [0.5, 0.6) is 0 Å². The number of esters is 1. The molecule has 0 heterocycles. The molecule has 0 amide bonds. The average molecular weight is 545 g/mol. The van der Waals surface area contributed by atoms with Crippen LogP contribution in [0, 0.1) is 0 Å². The Kier molecular flexibility index (Phi) is 18.7. The first-order valence-corrected chi connectivity index (χ1v) is 16.0. The molecule has 1 aromatic carbocycles. The molecule has 0 aliphatic heterocycles. The van der Waals surface area contributed by atoms with E-state index in [0.29, 0.717) is 91.5 Å². The van der Waals surface area contributed by atoms with Crippen LogP contribution in [0.25, 0.3) is 0 Å². The zero-order chi connectivity index (χ0) is 27.2. The highest BCUT2D eigenvalue weighted by Crippen LogP contribution is 2.36. The number of benzene rings is 1. The summed E-state index contributed by atoms with van der Waals surface area (Å²) in [6.45, 7) is 18.0. The van der Waals surface area contributed by atoms with E-state index in [1.54, 1.807) is 24.3 Å². The molecule has 1 aromatic rings. The highest BCUT2D eigenvalue weighted by atomic mass is 28.4. The van der Waals surface area contributed by atoms with Gasteiger partial charge in [0, 0.05) is 0 Å². The van der Waals surface area contributed by atoms with E-state index in [1.165, 1.54) is 0 Å². The Morgan fingerprint density at radius 3 is 1.32 bits per heavy atom. The second-order valence-corrected chi connectivity index (χ2v) is 14.6. The van der Waals surface area contributed by atoms with Crippen molar-refractivity contribution >= 4 is 14.3 Å². The summed E-state index contributed by atoms with van der Waals surface area (Å²) in [5.74, 6) is -0.349. The Bertz CT molecular complexity index is 680. The second-order valence-electron chi connectivity index (χ2n) is 9.78. The smallest absolute Gasteiger partial charge is 0.338 e. The van der Waals surface area contributed by atoms with Gasteiger partial charge in [0.05, 0.1) is 91.5 Å². The summed E-state index contributed by atoms with van der Waals surface area (Å²) in [5.41, 5.74) is 0.532. The largest absolute Gasteiger partial charge is 0.460 e. The minimum atomic E-state index is -1.69. The molecule has 0 aromatic heterocycles. The van der Waals surface area contributed by atoms with Gasteiger partial charge in [-0.1, -0.05) is 39.0 Å². The molecule has 0 saturated heterocycles. The maximum atomic E-state index is 11.8. The molecule has 1 rings (SSSR count).